The highest BCUT2D eigenvalue weighted by molar-refractivity contribution is 5.77. The second-order valence-corrected chi connectivity index (χ2v) is 4.64. The van der Waals surface area contributed by atoms with Gasteiger partial charge in [0.25, 0.3) is 0 Å². The fourth-order valence-corrected chi connectivity index (χ4v) is 2.09. The van der Waals surface area contributed by atoms with Crippen molar-refractivity contribution >= 4 is 11.9 Å². The molecule has 0 spiro atoms. The van der Waals surface area contributed by atoms with Crippen LogP contribution in [0, 0.1) is 0 Å². The molecule has 4 heteroatoms. The Morgan fingerprint density at radius 3 is 2.31 bits per heavy atom. The summed E-state index contributed by atoms with van der Waals surface area (Å²) in [6.07, 6.45) is 6.23. The van der Waals surface area contributed by atoms with Gasteiger partial charge in [-0.1, -0.05) is 6.92 Å². The van der Waals surface area contributed by atoms with Gasteiger partial charge in [0.15, 0.2) is 0 Å². The van der Waals surface area contributed by atoms with Crippen molar-refractivity contribution in [3.8, 4) is 0 Å². The molecule has 0 saturated heterocycles. The van der Waals surface area contributed by atoms with Gasteiger partial charge in [0.1, 0.15) is 0 Å². The molecule has 0 radical (unpaired) electrons. The van der Waals surface area contributed by atoms with Crippen molar-refractivity contribution in [2.45, 2.75) is 63.8 Å². The van der Waals surface area contributed by atoms with E-state index in [9.17, 15) is 9.59 Å². The van der Waals surface area contributed by atoms with E-state index in [4.69, 9.17) is 5.11 Å². The van der Waals surface area contributed by atoms with Crippen LogP contribution in [0.25, 0.3) is 0 Å². The van der Waals surface area contributed by atoms with Crippen molar-refractivity contribution in [3.63, 3.8) is 0 Å². The van der Waals surface area contributed by atoms with E-state index >= 15 is 0 Å². The summed E-state index contributed by atoms with van der Waals surface area (Å²) in [7, 11) is 0. The minimum Gasteiger partial charge on any atom is -0.481 e. The van der Waals surface area contributed by atoms with Gasteiger partial charge in [0, 0.05) is 18.4 Å². The topological polar surface area (TPSA) is 66.4 Å². The maximum absolute atomic E-state index is 11.6. The Labute approximate surface area is 96.4 Å². The number of rotatable bonds is 7. The first kappa shape index (κ1) is 13.0. The quantitative estimate of drug-likeness (QED) is 0.654. The molecule has 0 unspecified atom stereocenters. The van der Waals surface area contributed by atoms with Gasteiger partial charge in [0.2, 0.25) is 5.91 Å². The number of carboxylic acid groups (broad SMARTS) is 1. The molecule has 1 amide bonds. The highest BCUT2D eigenvalue weighted by atomic mass is 16.4. The summed E-state index contributed by atoms with van der Waals surface area (Å²) in [5, 5.41) is 11.5. The highest BCUT2D eigenvalue weighted by Crippen LogP contribution is 2.34. The van der Waals surface area contributed by atoms with Gasteiger partial charge >= 0.3 is 5.97 Å². The van der Waals surface area contributed by atoms with Crippen LogP contribution in [0.3, 0.4) is 0 Å². The molecule has 0 aromatic carbocycles. The number of unbranched alkanes of at least 4 members (excludes halogenated alkanes) is 1. The smallest absolute Gasteiger partial charge is 0.303 e. The summed E-state index contributed by atoms with van der Waals surface area (Å²) < 4.78 is 0. The predicted octanol–water partition coefficient (Wildman–Crippen LogP) is 2.08. The average Bonchev–Trinajstić information content (AvgIpc) is 2.18. The molecule has 4 nitrogen and oxygen atoms in total. The van der Waals surface area contributed by atoms with Crippen LogP contribution in [0.4, 0.5) is 0 Å². The third-order valence-corrected chi connectivity index (χ3v) is 3.44. The fraction of sp³-hybridized carbons (Fsp3) is 0.833. The van der Waals surface area contributed by atoms with Crippen LogP contribution in [0.2, 0.25) is 0 Å². The lowest BCUT2D eigenvalue weighted by Gasteiger charge is -2.42. The lowest BCUT2D eigenvalue weighted by atomic mass is 9.75. The Kier molecular flexibility index (Phi) is 4.77. The molecular formula is C12H21NO3. The first-order valence-corrected chi connectivity index (χ1v) is 6.11. The van der Waals surface area contributed by atoms with E-state index in [1.54, 1.807) is 0 Å². The Hall–Kier alpha value is -1.06. The van der Waals surface area contributed by atoms with Gasteiger partial charge in [-0.2, -0.15) is 0 Å². The third-order valence-electron chi connectivity index (χ3n) is 3.44. The van der Waals surface area contributed by atoms with E-state index in [1.807, 2.05) is 0 Å². The number of hydrogen-bond donors (Lipinski definition) is 2. The van der Waals surface area contributed by atoms with Gasteiger partial charge in [-0.15, -0.1) is 0 Å². The number of hydrogen-bond acceptors (Lipinski definition) is 2. The first-order valence-electron chi connectivity index (χ1n) is 6.11. The van der Waals surface area contributed by atoms with E-state index in [-0.39, 0.29) is 17.9 Å². The standard InChI is InChI=1S/C12H21NO3/c1-2-12(8-5-9-12)13-10(14)6-3-4-7-11(15)16/h2-9H2,1H3,(H,13,14)(H,15,16). The molecule has 1 rings (SSSR count). The van der Waals surface area contributed by atoms with Crippen LogP contribution < -0.4 is 5.32 Å². The van der Waals surface area contributed by atoms with E-state index in [2.05, 4.69) is 12.2 Å². The Morgan fingerprint density at radius 2 is 1.88 bits per heavy atom. The van der Waals surface area contributed by atoms with E-state index in [0.29, 0.717) is 19.3 Å². The van der Waals surface area contributed by atoms with Gasteiger partial charge in [-0.25, -0.2) is 0 Å². The van der Waals surface area contributed by atoms with Crippen molar-refractivity contribution in [2.24, 2.45) is 0 Å². The molecule has 0 aromatic heterocycles. The Bertz CT molecular complexity index is 253. The normalized spacial score (nSPS) is 17.6. The monoisotopic (exact) mass is 227 g/mol. The molecule has 0 heterocycles. The Balaban J connectivity index is 2.13. The van der Waals surface area contributed by atoms with E-state index < -0.39 is 5.97 Å². The molecule has 2 N–H and O–H groups in total. The van der Waals surface area contributed by atoms with Crippen molar-refractivity contribution < 1.29 is 14.7 Å². The summed E-state index contributed by atoms with van der Waals surface area (Å²) in [5.41, 5.74) is 0.0594. The van der Waals surface area contributed by atoms with Crippen LogP contribution in [-0.2, 0) is 9.59 Å². The molecule has 1 fully saturated rings. The van der Waals surface area contributed by atoms with Gasteiger partial charge in [-0.3, -0.25) is 9.59 Å². The average molecular weight is 227 g/mol. The second-order valence-electron chi connectivity index (χ2n) is 4.64. The summed E-state index contributed by atoms with van der Waals surface area (Å²) in [4.78, 5) is 21.9. The van der Waals surface area contributed by atoms with Crippen LogP contribution in [0.5, 0.6) is 0 Å². The SMILES string of the molecule is CCC1(NC(=O)CCCCC(=O)O)CCC1. The lowest BCUT2D eigenvalue weighted by molar-refractivity contribution is -0.137. The number of nitrogens with one attached hydrogen (secondary N) is 1. The molecule has 0 aromatic rings. The number of carboxylic acids is 1. The van der Waals surface area contributed by atoms with Gasteiger partial charge < -0.3 is 10.4 Å². The summed E-state index contributed by atoms with van der Waals surface area (Å²) >= 11 is 0. The zero-order valence-corrected chi connectivity index (χ0v) is 9.92. The van der Waals surface area contributed by atoms with E-state index in [0.717, 1.165) is 19.3 Å². The van der Waals surface area contributed by atoms with Crippen molar-refractivity contribution in [1.29, 1.82) is 0 Å². The minimum atomic E-state index is -0.788. The van der Waals surface area contributed by atoms with Crippen LogP contribution in [0.1, 0.15) is 58.3 Å². The molecule has 1 aliphatic rings. The molecule has 0 bridgehead atoms. The zero-order chi connectivity index (χ0) is 12.0. The highest BCUT2D eigenvalue weighted by Gasteiger charge is 2.35. The zero-order valence-electron chi connectivity index (χ0n) is 9.92. The minimum absolute atomic E-state index is 0.0594. The molecular weight excluding hydrogens is 206 g/mol. The van der Waals surface area contributed by atoms with Gasteiger partial charge in [0.05, 0.1) is 0 Å². The Morgan fingerprint density at radius 1 is 1.25 bits per heavy atom. The number of carbonyl (C=O) groups excluding carboxylic acids is 1. The molecule has 16 heavy (non-hydrogen) atoms. The maximum atomic E-state index is 11.6. The number of aliphatic carboxylic acids is 1. The number of carbonyl (C=O) groups is 2. The van der Waals surface area contributed by atoms with Crippen molar-refractivity contribution in [1.82, 2.24) is 5.32 Å². The van der Waals surface area contributed by atoms with Crippen molar-refractivity contribution in [3.05, 3.63) is 0 Å². The summed E-state index contributed by atoms with van der Waals surface area (Å²) in [6, 6.07) is 0. The predicted molar refractivity (Wildman–Crippen MR) is 61.1 cm³/mol. The summed E-state index contributed by atoms with van der Waals surface area (Å²) in [6.45, 7) is 2.10. The maximum Gasteiger partial charge on any atom is 0.303 e. The van der Waals surface area contributed by atoms with Gasteiger partial charge in [-0.05, 0) is 38.5 Å². The van der Waals surface area contributed by atoms with Crippen LogP contribution in [-0.4, -0.2) is 22.5 Å². The van der Waals surface area contributed by atoms with Crippen molar-refractivity contribution in [2.75, 3.05) is 0 Å². The van der Waals surface area contributed by atoms with Crippen LogP contribution >= 0.6 is 0 Å². The van der Waals surface area contributed by atoms with E-state index in [1.165, 1.54) is 6.42 Å². The molecule has 92 valence electrons. The lowest BCUT2D eigenvalue weighted by Crippen LogP contribution is -2.52. The third kappa shape index (κ3) is 3.83. The summed E-state index contributed by atoms with van der Waals surface area (Å²) in [5.74, 6) is -0.712. The fourth-order valence-electron chi connectivity index (χ4n) is 2.09. The number of amides is 1. The van der Waals surface area contributed by atoms with Crippen LogP contribution in [0.15, 0.2) is 0 Å². The molecule has 0 aliphatic heterocycles. The molecule has 1 aliphatic carbocycles. The first-order chi connectivity index (χ1) is 7.58. The largest absolute Gasteiger partial charge is 0.481 e. The molecule has 0 atom stereocenters. The molecule has 1 saturated carbocycles. The second kappa shape index (κ2) is 5.87.